The molecule has 1 aliphatic rings. The molecule has 0 amide bonds. The third-order valence-corrected chi connectivity index (χ3v) is 5.10. The SMILES string of the molecule is CC(C)N1CCN(c2nc(N)nc3c2oc2ccc(Cl)cc23)CC1.O=C(O)C(F)(F)F. The Morgan fingerprint density at radius 1 is 1.23 bits per heavy atom. The van der Waals surface area contributed by atoms with Crippen LogP contribution in [-0.4, -0.2) is 64.3 Å². The fourth-order valence-corrected chi connectivity index (χ4v) is 3.45. The molecule has 1 aliphatic heterocycles. The maximum atomic E-state index is 10.6. The van der Waals surface area contributed by atoms with Crippen LogP contribution in [0.2, 0.25) is 5.02 Å². The number of carboxylic acid groups (broad SMARTS) is 1. The van der Waals surface area contributed by atoms with Crippen LogP contribution in [0.1, 0.15) is 13.8 Å². The van der Waals surface area contributed by atoms with Crippen molar-refractivity contribution < 1.29 is 27.5 Å². The maximum Gasteiger partial charge on any atom is 0.490 e. The van der Waals surface area contributed by atoms with Gasteiger partial charge in [-0.3, -0.25) is 4.90 Å². The quantitative estimate of drug-likeness (QED) is 0.596. The molecule has 0 radical (unpaired) electrons. The highest BCUT2D eigenvalue weighted by Gasteiger charge is 2.38. The summed E-state index contributed by atoms with van der Waals surface area (Å²) >= 11 is 6.12. The summed E-state index contributed by atoms with van der Waals surface area (Å²) in [5.74, 6) is -1.73. The molecule has 1 fully saturated rings. The van der Waals surface area contributed by atoms with Crippen molar-refractivity contribution in [2.24, 2.45) is 0 Å². The second kappa shape index (κ2) is 8.75. The lowest BCUT2D eigenvalue weighted by atomic mass is 10.2. The van der Waals surface area contributed by atoms with E-state index in [2.05, 4.69) is 33.6 Å². The number of nitrogens with two attached hydrogens (primary N) is 1. The first-order valence-corrected chi connectivity index (χ1v) is 9.79. The van der Waals surface area contributed by atoms with E-state index in [1.54, 1.807) is 0 Å². The van der Waals surface area contributed by atoms with Crippen molar-refractivity contribution in [3.05, 3.63) is 23.2 Å². The standard InChI is InChI=1S/C17H20ClN5O.C2HF3O2/c1-10(2)22-5-7-23(8-6-22)16-15-14(20-17(19)21-16)12-9-11(18)3-4-13(12)24-15;3-2(4,5)1(6)7/h3-4,9-10H,5-8H2,1-2H3,(H2,19,20,21);(H,6,7). The van der Waals surface area contributed by atoms with Gasteiger partial charge in [0.2, 0.25) is 5.95 Å². The molecule has 1 saturated heterocycles. The number of piperazine rings is 1. The molecule has 0 bridgehead atoms. The predicted molar refractivity (Wildman–Crippen MR) is 111 cm³/mol. The van der Waals surface area contributed by atoms with Crippen molar-refractivity contribution in [3.8, 4) is 0 Å². The van der Waals surface area contributed by atoms with Crippen LogP contribution in [0.15, 0.2) is 22.6 Å². The molecule has 0 atom stereocenters. The van der Waals surface area contributed by atoms with Gasteiger partial charge in [-0.1, -0.05) is 11.6 Å². The van der Waals surface area contributed by atoms with E-state index in [9.17, 15) is 13.2 Å². The van der Waals surface area contributed by atoms with E-state index < -0.39 is 12.1 Å². The zero-order chi connectivity index (χ0) is 22.9. The molecule has 1 aromatic carbocycles. The zero-order valence-electron chi connectivity index (χ0n) is 16.8. The number of halogens is 4. The number of anilines is 2. The van der Waals surface area contributed by atoms with Crippen molar-refractivity contribution >= 4 is 51.4 Å². The van der Waals surface area contributed by atoms with Crippen molar-refractivity contribution in [1.82, 2.24) is 14.9 Å². The van der Waals surface area contributed by atoms with E-state index >= 15 is 0 Å². The average molecular weight is 460 g/mol. The molecule has 8 nitrogen and oxygen atoms in total. The zero-order valence-corrected chi connectivity index (χ0v) is 17.5. The minimum Gasteiger partial charge on any atom is -0.475 e. The summed E-state index contributed by atoms with van der Waals surface area (Å²) < 4.78 is 37.8. The van der Waals surface area contributed by atoms with E-state index in [0.717, 1.165) is 48.5 Å². The van der Waals surface area contributed by atoms with E-state index in [4.69, 9.17) is 31.7 Å². The number of fused-ring (bicyclic) bond motifs is 3. The Labute approximate surface area is 180 Å². The molecule has 0 spiro atoms. The van der Waals surface area contributed by atoms with Gasteiger partial charge < -0.3 is 20.2 Å². The van der Waals surface area contributed by atoms with Gasteiger partial charge in [0.05, 0.1) is 0 Å². The summed E-state index contributed by atoms with van der Waals surface area (Å²) in [6.07, 6.45) is -5.08. The number of hydrogen-bond acceptors (Lipinski definition) is 7. The largest absolute Gasteiger partial charge is 0.490 e. The first-order valence-electron chi connectivity index (χ1n) is 9.41. The Morgan fingerprint density at radius 3 is 2.39 bits per heavy atom. The van der Waals surface area contributed by atoms with Crippen LogP contribution in [0, 0.1) is 0 Å². The van der Waals surface area contributed by atoms with E-state index in [1.807, 2.05) is 18.2 Å². The Hall–Kier alpha value is -2.79. The van der Waals surface area contributed by atoms with Gasteiger partial charge in [0.25, 0.3) is 0 Å². The van der Waals surface area contributed by atoms with Crippen LogP contribution >= 0.6 is 11.6 Å². The van der Waals surface area contributed by atoms with Crippen LogP contribution in [0.3, 0.4) is 0 Å². The minimum absolute atomic E-state index is 0.256. The number of carbonyl (C=O) groups is 1. The van der Waals surface area contributed by atoms with E-state index in [1.165, 1.54) is 0 Å². The normalized spacial score (nSPS) is 15.4. The average Bonchev–Trinajstić information content (AvgIpc) is 3.05. The fourth-order valence-electron chi connectivity index (χ4n) is 3.28. The highest BCUT2D eigenvalue weighted by Crippen LogP contribution is 2.35. The maximum absolute atomic E-state index is 10.6. The van der Waals surface area contributed by atoms with E-state index in [-0.39, 0.29) is 5.95 Å². The molecule has 12 heteroatoms. The molecule has 0 saturated carbocycles. The lowest BCUT2D eigenvalue weighted by molar-refractivity contribution is -0.192. The van der Waals surface area contributed by atoms with Crippen LogP contribution in [0.25, 0.3) is 22.1 Å². The number of carboxylic acids is 1. The van der Waals surface area contributed by atoms with Crippen LogP contribution in [0.5, 0.6) is 0 Å². The first-order chi connectivity index (χ1) is 14.5. The topological polar surface area (TPSA) is 109 Å². The lowest BCUT2D eigenvalue weighted by Gasteiger charge is -2.37. The van der Waals surface area contributed by atoms with Crippen molar-refractivity contribution in [1.29, 1.82) is 0 Å². The summed E-state index contributed by atoms with van der Waals surface area (Å²) in [6.45, 7) is 8.21. The molecule has 0 aliphatic carbocycles. The van der Waals surface area contributed by atoms with E-state index in [0.29, 0.717) is 16.6 Å². The Morgan fingerprint density at radius 2 is 1.84 bits per heavy atom. The lowest BCUT2D eigenvalue weighted by Crippen LogP contribution is -2.49. The summed E-state index contributed by atoms with van der Waals surface area (Å²) in [5, 5.41) is 8.64. The van der Waals surface area contributed by atoms with Gasteiger partial charge in [-0.2, -0.15) is 18.2 Å². The number of aliphatic carboxylic acids is 1. The Bertz CT molecular complexity index is 1090. The summed E-state index contributed by atoms with van der Waals surface area (Å²) in [7, 11) is 0. The molecular formula is C19H21ClF3N5O3. The Kier molecular flexibility index (Phi) is 6.46. The number of aromatic nitrogens is 2. The van der Waals surface area contributed by atoms with Gasteiger partial charge in [-0.05, 0) is 32.0 Å². The molecule has 31 heavy (non-hydrogen) atoms. The minimum atomic E-state index is -5.08. The van der Waals surface area contributed by atoms with Crippen molar-refractivity contribution in [2.75, 3.05) is 36.8 Å². The first kappa shape index (κ1) is 22.9. The van der Waals surface area contributed by atoms with Crippen molar-refractivity contribution in [2.45, 2.75) is 26.1 Å². The smallest absolute Gasteiger partial charge is 0.475 e. The molecule has 3 heterocycles. The second-order valence-corrected chi connectivity index (χ2v) is 7.68. The van der Waals surface area contributed by atoms with Crippen LogP contribution in [-0.2, 0) is 4.79 Å². The molecule has 3 N–H and O–H groups in total. The summed E-state index contributed by atoms with van der Waals surface area (Å²) in [4.78, 5) is 22.4. The highest BCUT2D eigenvalue weighted by atomic mass is 35.5. The van der Waals surface area contributed by atoms with Crippen LogP contribution in [0.4, 0.5) is 24.9 Å². The number of benzene rings is 1. The van der Waals surface area contributed by atoms with Gasteiger partial charge in [0, 0.05) is 42.6 Å². The second-order valence-electron chi connectivity index (χ2n) is 7.25. The number of nitrogen functional groups attached to an aromatic ring is 1. The third-order valence-electron chi connectivity index (χ3n) is 4.86. The molecule has 0 unspecified atom stereocenters. The number of alkyl halides is 3. The molecular weight excluding hydrogens is 439 g/mol. The number of rotatable bonds is 2. The van der Waals surface area contributed by atoms with Gasteiger partial charge in [0.1, 0.15) is 11.1 Å². The monoisotopic (exact) mass is 459 g/mol. The van der Waals surface area contributed by atoms with Crippen LogP contribution < -0.4 is 10.6 Å². The van der Waals surface area contributed by atoms with Gasteiger partial charge in [0.15, 0.2) is 11.4 Å². The van der Waals surface area contributed by atoms with Gasteiger partial charge >= 0.3 is 12.1 Å². The van der Waals surface area contributed by atoms with Gasteiger partial charge in [-0.15, -0.1) is 0 Å². The number of nitrogens with zero attached hydrogens (tertiary/aromatic N) is 4. The highest BCUT2D eigenvalue weighted by molar-refractivity contribution is 6.31. The third kappa shape index (κ3) is 5.10. The summed E-state index contributed by atoms with van der Waals surface area (Å²) in [5.41, 5.74) is 8.11. The summed E-state index contributed by atoms with van der Waals surface area (Å²) in [6, 6.07) is 6.08. The predicted octanol–water partition coefficient (Wildman–Crippen LogP) is 3.78. The molecule has 4 rings (SSSR count). The fraction of sp³-hybridized carbons (Fsp3) is 0.421. The van der Waals surface area contributed by atoms with Crippen molar-refractivity contribution in [3.63, 3.8) is 0 Å². The van der Waals surface area contributed by atoms with Gasteiger partial charge in [-0.25, -0.2) is 9.78 Å². The molecule has 168 valence electrons. The molecule has 3 aromatic rings. The molecule has 2 aromatic heterocycles. The number of furan rings is 1. The number of hydrogen-bond donors (Lipinski definition) is 2. The Balaban J connectivity index is 0.000000339.